The summed E-state index contributed by atoms with van der Waals surface area (Å²) in [6.45, 7) is 3.73. The summed E-state index contributed by atoms with van der Waals surface area (Å²) in [5.74, 6) is 0. The monoisotopic (exact) mass is 268 g/mol. The summed E-state index contributed by atoms with van der Waals surface area (Å²) in [6, 6.07) is 8.74. The number of nitrogens with zero attached hydrogens (tertiary/aromatic N) is 4. The molecule has 0 N–H and O–H groups in total. The predicted octanol–water partition coefficient (Wildman–Crippen LogP) is 2.95. The number of nitro groups is 1. The van der Waals surface area contributed by atoms with Crippen molar-refractivity contribution in [2.75, 3.05) is 0 Å². The molecule has 0 spiro atoms. The van der Waals surface area contributed by atoms with Gasteiger partial charge < -0.3 is 0 Å². The molecular weight excluding hydrogens is 256 g/mol. The van der Waals surface area contributed by atoms with Gasteiger partial charge in [-0.25, -0.2) is 4.68 Å². The molecular formula is C14H12N4O2. The van der Waals surface area contributed by atoms with Crippen molar-refractivity contribution in [1.82, 2.24) is 14.8 Å². The lowest BCUT2D eigenvalue weighted by molar-refractivity contribution is -0.382. The molecule has 0 aliphatic carbocycles. The van der Waals surface area contributed by atoms with Gasteiger partial charge in [0, 0.05) is 11.9 Å². The molecule has 3 rings (SSSR count). The molecule has 0 aliphatic heterocycles. The van der Waals surface area contributed by atoms with E-state index in [1.54, 1.807) is 35.1 Å². The van der Waals surface area contributed by atoms with E-state index in [9.17, 15) is 10.1 Å². The van der Waals surface area contributed by atoms with Crippen LogP contribution in [0.1, 0.15) is 11.4 Å². The fraction of sp³-hybridized carbons (Fsp3) is 0.143. The van der Waals surface area contributed by atoms with Gasteiger partial charge in [0.2, 0.25) is 0 Å². The summed E-state index contributed by atoms with van der Waals surface area (Å²) in [6.07, 6.45) is 1.62. The first-order valence-corrected chi connectivity index (χ1v) is 6.13. The van der Waals surface area contributed by atoms with Crippen molar-refractivity contribution in [2.45, 2.75) is 13.8 Å². The summed E-state index contributed by atoms with van der Waals surface area (Å²) >= 11 is 0. The second-order valence-electron chi connectivity index (χ2n) is 4.60. The fourth-order valence-electron chi connectivity index (χ4n) is 2.36. The van der Waals surface area contributed by atoms with Crippen LogP contribution in [-0.2, 0) is 0 Å². The maximum Gasteiger partial charge on any atom is 0.304 e. The maximum absolute atomic E-state index is 11.5. The maximum atomic E-state index is 11.5. The predicted molar refractivity (Wildman–Crippen MR) is 75.0 cm³/mol. The third-order valence-corrected chi connectivity index (χ3v) is 3.16. The Hall–Kier alpha value is -2.76. The number of hydrogen-bond acceptors (Lipinski definition) is 4. The summed E-state index contributed by atoms with van der Waals surface area (Å²) < 4.78 is 1.60. The van der Waals surface area contributed by atoms with Crippen LogP contribution in [0.25, 0.3) is 16.6 Å². The number of pyridine rings is 1. The molecule has 0 radical (unpaired) electrons. The van der Waals surface area contributed by atoms with Gasteiger partial charge in [-0.15, -0.1) is 0 Å². The Morgan fingerprint density at radius 1 is 1.25 bits per heavy atom. The number of fused-ring (bicyclic) bond motifs is 1. The number of rotatable bonds is 2. The SMILES string of the molecule is Cc1cc(C)n(-c2ccc3ncccc3c2[N+](=O)[O-])n1. The van der Waals surface area contributed by atoms with Gasteiger partial charge in [0.15, 0.2) is 0 Å². The van der Waals surface area contributed by atoms with E-state index >= 15 is 0 Å². The Morgan fingerprint density at radius 2 is 2.05 bits per heavy atom. The highest BCUT2D eigenvalue weighted by Gasteiger charge is 2.21. The highest BCUT2D eigenvalue weighted by atomic mass is 16.6. The Balaban J connectivity index is 2.39. The molecule has 0 saturated carbocycles. The molecule has 6 heteroatoms. The van der Waals surface area contributed by atoms with Crippen molar-refractivity contribution in [1.29, 1.82) is 0 Å². The first kappa shape index (κ1) is 12.3. The second kappa shape index (κ2) is 4.41. The molecule has 2 heterocycles. The fourth-order valence-corrected chi connectivity index (χ4v) is 2.36. The molecule has 0 saturated heterocycles. The van der Waals surface area contributed by atoms with Gasteiger partial charge in [-0.05, 0) is 44.2 Å². The highest BCUT2D eigenvalue weighted by Crippen LogP contribution is 2.31. The Labute approximate surface area is 114 Å². The summed E-state index contributed by atoms with van der Waals surface area (Å²) in [7, 11) is 0. The van der Waals surface area contributed by atoms with E-state index < -0.39 is 0 Å². The second-order valence-corrected chi connectivity index (χ2v) is 4.60. The summed E-state index contributed by atoms with van der Waals surface area (Å²) in [4.78, 5) is 15.2. The van der Waals surface area contributed by atoms with Gasteiger partial charge in [0.05, 0.1) is 21.5 Å². The lowest BCUT2D eigenvalue weighted by Gasteiger charge is -2.07. The van der Waals surface area contributed by atoms with Crippen LogP contribution < -0.4 is 0 Å². The standard InChI is InChI=1S/C14H12N4O2/c1-9-8-10(2)17(16-9)13-6-5-12-11(4-3-7-15-12)14(13)18(19)20/h3-8H,1-2H3. The minimum atomic E-state index is -0.379. The molecule has 0 unspecified atom stereocenters. The van der Waals surface area contributed by atoms with Crippen molar-refractivity contribution in [3.63, 3.8) is 0 Å². The Kier molecular flexibility index (Phi) is 2.71. The summed E-state index contributed by atoms with van der Waals surface area (Å²) in [5.41, 5.74) is 2.77. The van der Waals surface area contributed by atoms with Gasteiger partial charge in [0.25, 0.3) is 0 Å². The van der Waals surface area contributed by atoms with Gasteiger partial charge in [-0.1, -0.05) is 0 Å². The van der Waals surface area contributed by atoms with E-state index in [2.05, 4.69) is 10.1 Å². The quantitative estimate of drug-likeness (QED) is 0.529. The van der Waals surface area contributed by atoms with Crippen LogP contribution in [0.4, 0.5) is 5.69 Å². The largest absolute Gasteiger partial charge is 0.304 e. The third-order valence-electron chi connectivity index (χ3n) is 3.16. The Bertz CT molecular complexity index is 823. The van der Waals surface area contributed by atoms with Gasteiger partial charge in [-0.3, -0.25) is 15.1 Å². The number of benzene rings is 1. The van der Waals surface area contributed by atoms with Crippen LogP contribution >= 0.6 is 0 Å². The van der Waals surface area contributed by atoms with E-state index in [0.29, 0.717) is 16.6 Å². The lowest BCUT2D eigenvalue weighted by Crippen LogP contribution is -2.04. The van der Waals surface area contributed by atoms with Crippen molar-refractivity contribution < 1.29 is 4.92 Å². The van der Waals surface area contributed by atoms with Crippen molar-refractivity contribution in [3.8, 4) is 5.69 Å². The average molecular weight is 268 g/mol. The zero-order valence-electron chi connectivity index (χ0n) is 11.1. The van der Waals surface area contributed by atoms with E-state index in [4.69, 9.17) is 0 Å². The Morgan fingerprint density at radius 3 is 2.70 bits per heavy atom. The topological polar surface area (TPSA) is 73.8 Å². The van der Waals surface area contributed by atoms with Crippen molar-refractivity contribution >= 4 is 16.6 Å². The van der Waals surface area contributed by atoms with Crippen LogP contribution in [-0.4, -0.2) is 19.7 Å². The van der Waals surface area contributed by atoms with E-state index in [1.165, 1.54) is 0 Å². The minimum Gasteiger partial charge on any atom is -0.258 e. The van der Waals surface area contributed by atoms with Crippen LogP contribution in [0.3, 0.4) is 0 Å². The first-order valence-electron chi connectivity index (χ1n) is 6.13. The van der Waals surface area contributed by atoms with Gasteiger partial charge >= 0.3 is 5.69 Å². The molecule has 3 aromatic rings. The van der Waals surface area contributed by atoms with Crippen LogP contribution in [0.5, 0.6) is 0 Å². The zero-order valence-corrected chi connectivity index (χ0v) is 11.1. The van der Waals surface area contributed by atoms with E-state index in [0.717, 1.165) is 11.4 Å². The molecule has 0 aliphatic rings. The van der Waals surface area contributed by atoms with Crippen LogP contribution in [0, 0.1) is 24.0 Å². The number of aryl methyl sites for hydroxylation is 2. The van der Waals surface area contributed by atoms with Crippen LogP contribution in [0.15, 0.2) is 36.5 Å². The lowest BCUT2D eigenvalue weighted by atomic mass is 10.1. The van der Waals surface area contributed by atoms with Crippen molar-refractivity contribution in [3.05, 3.63) is 58.0 Å². The molecule has 20 heavy (non-hydrogen) atoms. The van der Waals surface area contributed by atoms with Crippen molar-refractivity contribution in [2.24, 2.45) is 0 Å². The molecule has 0 atom stereocenters. The molecule has 6 nitrogen and oxygen atoms in total. The van der Waals surface area contributed by atoms with E-state index in [1.807, 2.05) is 19.9 Å². The number of aromatic nitrogens is 3. The minimum absolute atomic E-state index is 0.0294. The molecule has 2 aromatic heterocycles. The first-order chi connectivity index (χ1) is 9.58. The number of nitro benzene ring substituents is 1. The molecule has 0 bridgehead atoms. The van der Waals surface area contributed by atoms with Crippen LogP contribution in [0.2, 0.25) is 0 Å². The highest BCUT2D eigenvalue weighted by molar-refractivity contribution is 5.91. The molecule has 100 valence electrons. The smallest absolute Gasteiger partial charge is 0.258 e. The molecule has 1 aromatic carbocycles. The number of hydrogen-bond donors (Lipinski definition) is 0. The average Bonchev–Trinajstić information content (AvgIpc) is 2.76. The third kappa shape index (κ3) is 1.82. The summed E-state index contributed by atoms with van der Waals surface area (Å²) in [5, 5.41) is 16.3. The molecule has 0 amide bonds. The van der Waals surface area contributed by atoms with Gasteiger partial charge in [0.1, 0.15) is 5.69 Å². The van der Waals surface area contributed by atoms with Gasteiger partial charge in [-0.2, -0.15) is 5.10 Å². The zero-order chi connectivity index (χ0) is 14.3. The normalized spacial score (nSPS) is 10.9. The molecule has 0 fully saturated rings. The van der Waals surface area contributed by atoms with E-state index in [-0.39, 0.29) is 10.6 Å².